The third kappa shape index (κ3) is 6.11. The number of carbonyl (C=O) groups is 1. The Morgan fingerprint density at radius 2 is 1.73 bits per heavy atom. The molecule has 3 aromatic rings. The molecule has 0 aromatic heterocycles. The zero-order valence-corrected chi connectivity index (χ0v) is 18.6. The minimum absolute atomic E-state index is 0.00222. The predicted molar refractivity (Wildman–Crippen MR) is 124 cm³/mol. The fourth-order valence-corrected chi connectivity index (χ4v) is 3.09. The first-order valence-electron chi connectivity index (χ1n) is 8.80. The van der Waals surface area contributed by atoms with Crippen molar-refractivity contribution in [2.75, 3.05) is 5.32 Å². The van der Waals surface area contributed by atoms with Crippen molar-refractivity contribution in [2.24, 2.45) is 0 Å². The largest absolute Gasteiger partial charge is 0.489 e. The first-order chi connectivity index (χ1) is 14.4. The quantitative estimate of drug-likeness (QED) is 0.295. The molecule has 3 rings (SSSR count). The van der Waals surface area contributed by atoms with E-state index in [9.17, 15) is 10.1 Å². The Hall–Kier alpha value is -2.78. The Balaban J connectivity index is 1.64. The number of anilines is 1. The maximum Gasteiger partial charge on any atom is 0.266 e. The lowest BCUT2D eigenvalue weighted by molar-refractivity contribution is -0.112. The van der Waals surface area contributed by atoms with Crippen LogP contribution in [0.5, 0.6) is 5.75 Å². The first-order valence-corrected chi connectivity index (χ1v) is 10.3. The second kappa shape index (κ2) is 10.3. The van der Waals surface area contributed by atoms with Crippen LogP contribution in [0, 0.1) is 11.3 Å². The average Bonchev–Trinajstić information content (AvgIpc) is 2.75. The molecule has 0 aliphatic rings. The average molecular weight is 502 g/mol. The summed E-state index contributed by atoms with van der Waals surface area (Å²) in [6.07, 6.45) is 1.52. The molecule has 1 amide bonds. The van der Waals surface area contributed by atoms with Gasteiger partial charge in [-0.3, -0.25) is 4.79 Å². The summed E-state index contributed by atoms with van der Waals surface area (Å²) in [6.45, 7) is 0.338. The second-order valence-electron chi connectivity index (χ2n) is 6.24. The van der Waals surface area contributed by atoms with E-state index < -0.39 is 5.91 Å². The second-order valence-corrected chi connectivity index (χ2v) is 7.97. The SMILES string of the molecule is N#C/C(=C/c1ccc(OCc2ccc(Cl)c(Cl)c2)cc1)C(=O)Nc1ccc(Br)cc1. The Morgan fingerprint density at radius 1 is 1.03 bits per heavy atom. The van der Waals surface area contributed by atoms with E-state index in [-0.39, 0.29) is 5.57 Å². The van der Waals surface area contributed by atoms with Gasteiger partial charge in [0.15, 0.2) is 0 Å². The number of hydrogen-bond donors (Lipinski definition) is 1. The van der Waals surface area contributed by atoms with E-state index in [0.29, 0.717) is 33.7 Å². The molecule has 7 heteroatoms. The molecule has 4 nitrogen and oxygen atoms in total. The van der Waals surface area contributed by atoms with Crippen LogP contribution in [0.4, 0.5) is 5.69 Å². The van der Waals surface area contributed by atoms with Crippen LogP contribution in [0.1, 0.15) is 11.1 Å². The standard InChI is InChI=1S/C23H15BrCl2N2O2/c24-18-4-6-19(7-5-18)28-23(29)17(13-27)11-15-1-8-20(9-2-15)30-14-16-3-10-21(25)22(26)12-16/h1-12H,14H2,(H,28,29)/b17-11-. The van der Waals surface area contributed by atoms with Crippen LogP contribution >= 0.6 is 39.1 Å². The number of benzene rings is 3. The number of rotatable bonds is 6. The Bertz CT molecular complexity index is 1120. The molecular weight excluding hydrogens is 487 g/mol. The van der Waals surface area contributed by atoms with Gasteiger partial charge in [0.2, 0.25) is 0 Å². The highest BCUT2D eigenvalue weighted by atomic mass is 79.9. The van der Waals surface area contributed by atoms with E-state index in [1.54, 1.807) is 48.5 Å². The molecule has 0 aliphatic carbocycles. The molecule has 0 saturated carbocycles. The molecule has 0 bridgehead atoms. The predicted octanol–water partition coefficient (Wildman–Crippen LogP) is 6.88. The molecule has 0 heterocycles. The van der Waals surface area contributed by atoms with Gasteiger partial charge in [-0.1, -0.05) is 57.3 Å². The number of carbonyl (C=O) groups excluding carboxylic acids is 1. The van der Waals surface area contributed by atoms with Gasteiger partial charge in [-0.2, -0.15) is 5.26 Å². The summed E-state index contributed by atoms with van der Waals surface area (Å²) in [6, 6.07) is 21.4. The van der Waals surface area contributed by atoms with Crippen molar-refractivity contribution in [3.8, 4) is 11.8 Å². The lowest BCUT2D eigenvalue weighted by Gasteiger charge is -2.08. The number of nitrogens with zero attached hydrogens (tertiary/aromatic N) is 1. The number of nitrogens with one attached hydrogen (secondary N) is 1. The molecule has 0 fully saturated rings. The maximum atomic E-state index is 12.4. The van der Waals surface area contributed by atoms with Gasteiger partial charge < -0.3 is 10.1 Å². The molecule has 0 atom stereocenters. The molecule has 3 aromatic carbocycles. The summed E-state index contributed by atoms with van der Waals surface area (Å²) in [4.78, 5) is 12.4. The summed E-state index contributed by atoms with van der Waals surface area (Å²) in [5.74, 6) is 0.177. The van der Waals surface area contributed by atoms with Crippen LogP contribution in [-0.4, -0.2) is 5.91 Å². The summed E-state index contributed by atoms with van der Waals surface area (Å²) >= 11 is 15.3. The van der Waals surface area contributed by atoms with Gasteiger partial charge in [0.1, 0.15) is 24.0 Å². The molecule has 0 radical (unpaired) electrons. The third-order valence-electron chi connectivity index (χ3n) is 4.05. The molecule has 0 aliphatic heterocycles. The van der Waals surface area contributed by atoms with Crippen molar-refractivity contribution in [3.05, 3.63) is 97.9 Å². The Labute approximate surface area is 192 Å². The summed E-state index contributed by atoms with van der Waals surface area (Å²) in [5, 5.41) is 13.0. The highest BCUT2D eigenvalue weighted by molar-refractivity contribution is 9.10. The monoisotopic (exact) mass is 500 g/mol. The maximum absolute atomic E-state index is 12.4. The van der Waals surface area contributed by atoms with Crippen molar-refractivity contribution in [2.45, 2.75) is 6.61 Å². The number of nitriles is 1. The van der Waals surface area contributed by atoms with Crippen molar-refractivity contribution in [1.29, 1.82) is 5.26 Å². The van der Waals surface area contributed by atoms with Crippen LogP contribution in [0.2, 0.25) is 10.0 Å². The fraction of sp³-hybridized carbons (Fsp3) is 0.0435. The number of hydrogen-bond acceptors (Lipinski definition) is 3. The normalized spacial score (nSPS) is 10.9. The van der Waals surface area contributed by atoms with E-state index in [2.05, 4.69) is 21.2 Å². The number of amides is 1. The lowest BCUT2D eigenvalue weighted by atomic mass is 10.1. The van der Waals surface area contributed by atoms with E-state index in [0.717, 1.165) is 10.0 Å². The van der Waals surface area contributed by atoms with Crippen LogP contribution in [0.3, 0.4) is 0 Å². The molecule has 1 N–H and O–H groups in total. The van der Waals surface area contributed by atoms with Gasteiger partial charge in [-0.15, -0.1) is 0 Å². The number of ether oxygens (including phenoxy) is 1. The van der Waals surface area contributed by atoms with E-state index in [1.165, 1.54) is 6.08 Å². The molecular formula is C23H15BrCl2N2O2. The van der Waals surface area contributed by atoms with Crippen LogP contribution in [0.15, 0.2) is 76.8 Å². The highest BCUT2D eigenvalue weighted by Gasteiger charge is 2.09. The van der Waals surface area contributed by atoms with E-state index in [1.807, 2.05) is 24.3 Å². The minimum Gasteiger partial charge on any atom is -0.489 e. The van der Waals surface area contributed by atoms with Crippen molar-refractivity contribution < 1.29 is 9.53 Å². The Kier molecular flexibility index (Phi) is 7.53. The van der Waals surface area contributed by atoms with E-state index >= 15 is 0 Å². The lowest BCUT2D eigenvalue weighted by Crippen LogP contribution is -2.13. The zero-order valence-electron chi connectivity index (χ0n) is 15.5. The summed E-state index contributed by atoms with van der Waals surface area (Å²) < 4.78 is 6.64. The van der Waals surface area contributed by atoms with Crippen molar-refractivity contribution in [1.82, 2.24) is 0 Å². The van der Waals surface area contributed by atoms with Crippen molar-refractivity contribution in [3.63, 3.8) is 0 Å². The van der Waals surface area contributed by atoms with Crippen LogP contribution in [-0.2, 0) is 11.4 Å². The highest BCUT2D eigenvalue weighted by Crippen LogP contribution is 2.24. The molecule has 150 valence electrons. The zero-order chi connectivity index (χ0) is 21.5. The molecule has 0 unspecified atom stereocenters. The van der Waals surface area contributed by atoms with Crippen LogP contribution < -0.4 is 10.1 Å². The summed E-state index contributed by atoms with van der Waals surface area (Å²) in [5.41, 5.74) is 2.21. The smallest absolute Gasteiger partial charge is 0.266 e. The van der Waals surface area contributed by atoms with E-state index in [4.69, 9.17) is 27.9 Å². The van der Waals surface area contributed by atoms with Gasteiger partial charge in [-0.05, 0) is 65.7 Å². The molecule has 30 heavy (non-hydrogen) atoms. The van der Waals surface area contributed by atoms with Gasteiger partial charge in [0, 0.05) is 10.2 Å². The number of halogens is 3. The summed E-state index contributed by atoms with van der Waals surface area (Å²) in [7, 11) is 0. The topological polar surface area (TPSA) is 62.1 Å². The Morgan fingerprint density at radius 3 is 2.37 bits per heavy atom. The molecule has 0 spiro atoms. The van der Waals surface area contributed by atoms with Gasteiger partial charge >= 0.3 is 0 Å². The van der Waals surface area contributed by atoms with Gasteiger partial charge in [-0.25, -0.2) is 0 Å². The first kappa shape index (κ1) is 21.9. The molecule has 0 saturated heterocycles. The third-order valence-corrected chi connectivity index (χ3v) is 5.32. The minimum atomic E-state index is -0.472. The van der Waals surface area contributed by atoms with Crippen LogP contribution in [0.25, 0.3) is 6.08 Å². The van der Waals surface area contributed by atoms with Gasteiger partial charge in [0.25, 0.3) is 5.91 Å². The van der Waals surface area contributed by atoms with Gasteiger partial charge in [0.05, 0.1) is 10.0 Å². The fourth-order valence-electron chi connectivity index (χ4n) is 2.50. The van der Waals surface area contributed by atoms with Crippen molar-refractivity contribution >= 4 is 56.8 Å².